The van der Waals surface area contributed by atoms with E-state index in [0.29, 0.717) is 11.1 Å². The van der Waals surface area contributed by atoms with Crippen LogP contribution in [0.4, 0.5) is 13.2 Å². The van der Waals surface area contributed by atoms with Crippen molar-refractivity contribution < 1.29 is 22.6 Å². The SMILES string of the molecule is Cc1ccccc1-c1cc(C(OCc2ccc(OC(F)(F)F)cc2)c2cncn2C)ccc1C#N. The molecule has 35 heavy (non-hydrogen) atoms. The van der Waals surface area contributed by atoms with E-state index >= 15 is 0 Å². The predicted octanol–water partition coefficient (Wildman–Crippen LogP) is 6.47. The maximum Gasteiger partial charge on any atom is 0.573 e. The van der Waals surface area contributed by atoms with E-state index in [9.17, 15) is 18.4 Å². The molecule has 3 aromatic carbocycles. The smallest absolute Gasteiger partial charge is 0.406 e. The molecule has 0 aliphatic heterocycles. The summed E-state index contributed by atoms with van der Waals surface area (Å²) >= 11 is 0. The topological polar surface area (TPSA) is 60.1 Å². The van der Waals surface area contributed by atoms with E-state index in [-0.39, 0.29) is 12.4 Å². The second-order valence-corrected chi connectivity index (χ2v) is 8.04. The Morgan fingerprint density at radius 2 is 1.77 bits per heavy atom. The quantitative estimate of drug-likeness (QED) is 0.306. The molecule has 1 atom stereocenters. The van der Waals surface area contributed by atoms with Gasteiger partial charge in [0.25, 0.3) is 0 Å². The number of aromatic nitrogens is 2. The van der Waals surface area contributed by atoms with Crippen LogP contribution < -0.4 is 4.74 Å². The molecule has 0 aliphatic rings. The van der Waals surface area contributed by atoms with Crippen LogP contribution in [0.25, 0.3) is 11.1 Å². The Morgan fingerprint density at radius 3 is 2.40 bits per heavy atom. The predicted molar refractivity (Wildman–Crippen MR) is 124 cm³/mol. The molecule has 1 aromatic heterocycles. The van der Waals surface area contributed by atoms with Gasteiger partial charge in [-0.3, -0.25) is 0 Å². The van der Waals surface area contributed by atoms with Crippen LogP contribution in [-0.4, -0.2) is 15.9 Å². The van der Waals surface area contributed by atoms with Crippen molar-refractivity contribution in [2.45, 2.75) is 26.0 Å². The summed E-state index contributed by atoms with van der Waals surface area (Å²) in [5.74, 6) is -0.292. The summed E-state index contributed by atoms with van der Waals surface area (Å²) in [5, 5.41) is 9.70. The van der Waals surface area contributed by atoms with Gasteiger partial charge in [0.05, 0.1) is 36.5 Å². The Bertz CT molecular complexity index is 1360. The van der Waals surface area contributed by atoms with Gasteiger partial charge in [-0.2, -0.15) is 5.26 Å². The molecule has 4 rings (SSSR count). The zero-order chi connectivity index (χ0) is 25.0. The molecule has 1 unspecified atom stereocenters. The first-order chi connectivity index (χ1) is 16.7. The Kier molecular flexibility index (Phi) is 6.90. The highest BCUT2D eigenvalue weighted by Crippen LogP contribution is 2.33. The summed E-state index contributed by atoms with van der Waals surface area (Å²) in [4.78, 5) is 4.20. The fraction of sp³-hybridized carbons (Fsp3) is 0.185. The molecule has 0 saturated carbocycles. The lowest BCUT2D eigenvalue weighted by atomic mass is 9.93. The normalized spacial score (nSPS) is 12.2. The van der Waals surface area contributed by atoms with Crippen LogP contribution in [0.3, 0.4) is 0 Å². The molecule has 1 heterocycles. The number of nitrogens with zero attached hydrogens (tertiary/aromatic N) is 3. The first kappa shape index (κ1) is 24.0. The third-order valence-electron chi connectivity index (χ3n) is 5.60. The molecule has 0 aliphatic carbocycles. The molecule has 0 radical (unpaired) electrons. The molecule has 0 N–H and O–H groups in total. The van der Waals surface area contributed by atoms with Crippen molar-refractivity contribution >= 4 is 0 Å². The summed E-state index contributed by atoms with van der Waals surface area (Å²) < 4.78 is 49.4. The number of ether oxygens (including phenoxy) is 2. The lowest BCUT2D eigenvalue weighted by molar-refractivity contribution is -0.274. The molecule has 0 amide bonds. The number of hydrogen-bond donors (Lipinski definition) is 0. The van der Waals surface area contributed by atoms with Crippen molar-refractivity contribution in [1.82, 2.24) is 9.55 Å². The molecular weight excluding hydrogens is 455 g/mol. The molecule has 4 aromatic rings. The van der Waals surface area contributed by atoms with Gasteiger partial charge < -0.3 is 14.0 Å². The summed E-state index contributed by atoms with van der Waals surface area (Å²) in [5.41, 5.74) is 5.64. The summed E-state index contributed by atoms with van der Waals surface area (Å²) in [6, 6.07) is 21.2. The first-order valence-electron chi connectivity index (χ1n) is 10.8. The highest BCUT2D eigenvalue weighted by Gasteiger charge is 2.31. The third-order valence-corrected chi connectivity index (χ3v) is 5.60. The second-order valence-electron chi connectivity index (χ2n) is 8.04. The van der Waals surface area contributed by atoms with E-state index in [2.05, 4.69) is 15.8 Å². The van der Waals surface area contributed by atoms with E-state index in [4.69, 9.17) is 4.74 Å². The van der Waals surface area contributed by atoms with Gasteiger partial charge in [-0.25, -0.2) is 4.98 Å². The molecule has 0 fully saturated rings. The van der Waals surface area contributed by atoms with Gasteiger partial charge in [0, 0.05) is 12.6 Å². The maximum absolute atomic E-state index is 12.4. The van der Waals surface area contributed by atoms with Crippen LogP contribution in [0.1, 0.15) is 34.1 Å². The zero-order valence-electron chi connectivity index (χ0n) is 19.1. The Balaban J connectivity index is 1.66. The molecule has 0 spiro atoms. The third kappa shape index (κ3) is 5.70. The summed E-state index contributed by atoms with van der Waals surface area (Å²) in [6.07, 6.45) is -1.89. The van der Waals surface area contributed by atoms with Crippen molar-refractivity contribution in [1.29, 1.82) is 5.26 Å². The fourth-order valence-electron chi connectivity index (χ4n) is 3.86. The van der Waals surface area contributed by atoms with E-state index < -0.39 is 12.5 Å². The van der Waals surface area contributed by atoms with E-state index in [1.165, 1.54) is 24.3 Å². The molecule has 5 nitrogen and oxygen atoms in total. The molecule has 178 valence electrons. The van der Waals surface area contributed by atoms with Crippen molar-refractivity contribution in [3.8, 4) is 22.9 Å². The lowest BCUT2D eigenvalue weighted by Crippen LogP contribution is -2.17. The monoisotopic (exact) mass is 477 g/mol. The first-order valence-corrected chi connectivity index (χ1v) is 10.8. The number of alkyl halides is 3. The minimum atomic E-state index is -4.74. The Hall–Kier alpha value is -4.09. The maximum atomic E-state index is 12.4. The van der Waals surface area contributed by atoms with Gasteiger partial charge in [-0.1, -0.05) is 42.5 Å². The van der Waals surface area contributed by atoms with E-state index in [1.54, 1.807) is 18.6 Å². The number of aryl methyl sites for hydroxylation is 2. The van der Waals surface area contributed by atoms with Gasteiger partial charge >= 0.3 is 6.36 Å². The van der Waals surface area contributed by atoms with Gasteiger partial charge in [0.1, 0.15) is 11.9 Å². The van der Waals surface area contributed by atoms with Crippen LogP contribution in [0.2, 0.25) is 0 Å². The van der Waals surface area contributed by atoms with Crippen LogP contribution in [0.15, 0.2) is 79.3 Å². The number of hydrogen-bond acceptors (Lipinski definition) is 4. The number of benzene rings is 3. The average Bonchev–Trinajstić information content (AvgIpc) is 3.25. The Morgan fingerprint density at radius 1 is 1.03 bits per heavy atom. The number of nitriles is 1. The largest absolute Gasteiger partial charge is 0.573 e. The van der Waals surface area contributed by atoms with Crippen LogP contribution in [0.5, 0.6) is 5.75 Å². The van der Waals surface area contributed by atoms with Gasteiger partial charge in [0.15, 0.2) is 0 Å². The molecule has 0 saturated heterocycles. The van der Waals surface area contributed by atoms with Crippen molar-refractivity contribution in [3.05, 3.63) is 107 Å². The van der Waals surface area contributed by atoms with Crippen LogP contribution >= 0.6 is 0 Å². The minimum absolute atomic E-state index is 0.141. The minimum Gasteiger partial charge on any atom is -0.406 e. The van der Waals surface area contributed by atoms with Gasteiger partial charge in [-0.15, -0.1) is 13.2 Å². The summed E-state index contributed by atoms with van der Waals surface area (Å²) in [7, 11) is 1.86. The zero-order valence-corrected chi connectivity index (χ0v) is 19.1. The van der Waals surface area contributed by atoms with E-state index in [0.717, 1.165) is 27.9 Å². The Labute approximate surface area is 201 Å². The van der Waals surface area contributed by atoms with Crippen molar-refractivity contribution in [2.24, 2.45) is 7.05 Å². The highest BCUT2D eigenvalue weighted by atomic mass is 19.4. The van der Waals surface area contributed by atoms with Crippen LogP contribution in [-0.2, 0) is 18.4 Å². The van der Waals surface area contributed by atoms with Gasteiger partial charge in [-0.05, 0) is 53.4 Å². The van der Waals surface area contributed by atoms with Gasteiger partial charge in [0.2, 0.25) is 0 Å². The fourth-order valence-corrected chi connectivity index (χ4v) is 3.86. The number of imidazole rings is 1. The van der Waals surface area contributed by atoms with Crippen LogP contribution in [0, 0.1) is 18.3 Å². The highest BCUT2D eigenvalue weighted by molar-refractivity contribution is 5.74. The number of rotatable bonds is 7. The van der Waals surface area contributed by atoms with Crippen molar-refractivity contribution in [3.63, 3.8) is 0 Å². The van der Waals surface area contributed by atoms with Crippen molar-refractivity contribution in [2.75, 3.05) is 0 Å². The second kappa shape index (κ2) is 10.0. The lowest BCUT2D eigenvalue weighted by Gasteiger charge is -2.21. The molecule has 8 heteroatoms. The molecular formula is C27H22F3N3O2. The summed E-state index contributed by atoms with van der Waals surface area (Å²) in [6.45, 7) is 2.13. The average molecular weight is 477 g/mol. The number of halogens is 3. The van der Waals surface area contributed by atoms with E-state index in [1.807, 2.05) is 54.9 Å². The standard InChI is InChI=1S/C27H22F3N3O2/c1-18-5-3-4-6-23(18)24-13-20(9-10-21(24)14-31)26(25-15-32-17-33(25)2)34-16-19-7-11-22(12-8-19)35-27(28,29)30/h3-13,15,17,26H,16H2,1-2H3. The molecule has 0 bridgehead atoms.